The predicted molar refractivity (Wildman–Crippen MR) is 200 cm³/mol. The van der Waals surface area contributed by atoms with Gasteiger partial charge in [0, 0.05) is 38.5 Å². The van der Waals surface area contributed by atoms with Crippen molar-refractivity contribution in [2.45, 2.75) is 50.4 Å². The molecule has 0 radical (unpaired) electrons. The van der Waals surface area contributed by atoms with Gasteiger partial charge in [0.05, 0.1) is 12.7 Å². The molecule has 6 aromatic carbocycles. The van der Waals surface area contributed by atoms with Crippen molar-refractivity contribution in [3.05, 3.63) is 171 Å². The summed E-state index contributed by atoms with van der Waals surface area (Å²) in [6.45, 7) is 8.73. The van der Waals surface area contributed by atoms with Gasteiger partial charge >= 0.3 is 5.97 Å². The molecule has 51 heavy (non-hydrogen) atoms. The third-order valence-corrected chi connectivity index (χ3v) is 11.4. The summed E-state index contributed by atoms with van der Waals surface area (Å²) in [5.74, 6) is 1.07. The van der Waals surface area contributed by atoms with E-state index in [4.69, 9.17) is 14.2 Å². The van der Waals surface area contributed by atoms with Gasteiger partial charge in [-0.1, -0.05) is 137 Å². The quantitative estimate of drug-likeness (QED) is 0.185. The van der Waals surface area contributed by atoms with Crippen LogP contribution < -0.4 is 9.47 Å². The minimum atomic E-state index is -1.38. The second-order valence-electron chi connectivity index (χ2n) is 14.8. The highest BCUT2D eigenvalue weighted by atomic mass is 16.6. The molecular formula is C46H38O5. The lowest BCUT2D eigenvalue weighted by Crippen LogP contribution is -2.35. The molecule has 0 bridgehead atoms. The molecule has 2 atom stereocenters. The summed E-state index contributed by atoms with van der Waals surface area (Å²) in [7, 11) is 1.67. The van der Waals surface area contributed by atoms with Crippen molar-refractivity contribution in [1.82, 2.24) is 0 Å². The molecule has 0 aromatic heterocycles. The lowest BCUT2D eigenvalue weighted by molar-refractivity contribution is -0.0545. The molecule has 2 unspecified atom stereocenters. The number of benzene rings is 6. The first-order valence-electron chi connectivity index (χ1n) is 17.4. The Morgan fingerprint density at radius 2 is 1.39 bits per heavy atom. The lowest BCUT2D eigenvalue weighted by Gasteiger charge is -2.38. The topological polar surface area (TPSA) is 65.0 Å². The molecule has 5 heteroatoms. The summed E-state index contributed by atoms with van der Waals surface area (Å²) in [6.07, 6.45) is 3.00. The van der Waals surface area contributed by atoms with Gasteiger partial charge in [-0.15, -0.1) is 0 Å². The van der Waals surface area contributed by atoms with Crippen molar-refractivity contribution in [2.24, 2.45) is 0 Å². The summed E-state index contributed by atoms with van der Waals surface area (Å²) >= 11 is 0. The zero-order valence-electron chi connectivity index (χ0n) is 29.3. The number of methoxy groups -OCH3 is 1. The van der Waals surface area contributed by atoms with Gasteiger partial charge in [-0.05, 0) is 57.0 Å². The van der Waals surface area contributed by atoms with Gasteiger partial charge in [0.15, 0.2) is 5.60 Å². The Morgan fingerprint density at radius 1 is 0.765 bits per heavy atom. The van der Waals surface area contributed by atoms with Gasteiger partial charge < -0.3 is 19.3 Å². The second kappa shape index (κ2) is 10.9. The summed E-state index contributed by atoms with van der Waals surface area (Å²) in [5, 5.41) is 13.5. The SMILES string of the molecule is COc1ccc(C2(c3ccccc3)C=Cc3c4c(c5ccccc5c3O2)-c2c(cc(C(C)(C)c3ccccc3)c3c2C(O)OC3=O)C4(C)C)cc1. The minimum absolute atomic E-state index is 0.454. The number of aliphatic hydroxyl groups excluding tert-OH is 1. The van der Waals surface area contributed by atoms with Crippen LogP contribution in [0.15, 0.2) is 121 Å². The highest BCUT2D eigenvalue weighted by Gasteiger charge is 2.49. The predicted octanol–water partition coefficient (Wildman–Crippen LogP) is 9.99. The molecule has 3 aliphatic rings. The number of cyclic esters (lactones) is 1. The average molecular weight is 671 g/mol. The Hall–Kier alpha value is -5.65. The Kier molecular flexibility index (Phi) is 6.71. The van der Waals surface area contributed by atoms with E-state index in [0.29, 0.717) is 11.1 Å². The highest BCUT2D eigenvalue weighted by Crippen LogP contribution is 2.61. The van der Waals surface area contributed by atoms with Crippen molar-refractivity contribution in [3.8, 4) is 22.6 Å². The molecule has 6 aromatic rings. The van der Waals surface area contributed by atoms with Gasteiger partial charge in [0.1, 0.15) is 11.5 Å². The minimum Gasteiger partial charge on any atom is -0.497 e. The zero-order valence-corrected chi connectivity index (χ0v) is 29.3. The fourth-order valence-corrected chi connectivity index (χ4v) is 8.79. The van der Waals surface area contributed by atoms with Crippen molar-refractivity contribution < 1.29 is 24.1 Å². The normalized spacial score (nSPS) is 19.5. The molecule has 2 aliphatic heterocycles. The average Bonchev–Trinajstić information content (AvgIpc) is 3.59. The second-order valence-corrected chi connectivity index (χ2v) is 14.8. The molecule has 2 heterocycles. The van der Waals surface area contributed by atoms with E-state index in [0.717, 1.165) is 72.3 Å². The van der Waals surface area contributed by atoms with E-state index in [-0.39, 0.29) is 0 Å². The summed E-state index contributed by atoms with van der Waals surface area (Å²) < 4.78 is 18.6. The molecule has 0 fully saturated rings. The molecule has 1 aliphatic carbocycles. The van der Waals surface area contributed by atoms with E-state index < -0.39 is 28.7 Å². The van der Waals surface area contributed by atoms with Crippen molar-refractivity contribution in [3.63, 3.8) is 0 Å². The maximum atomic E-state index is 13.7. The summed E-state index contributed by atoms with van der Waals surface area (Å²) in [4.78, 5) is 13.7. The maximum absolute atomic E-state index is 13.7. The molecular weight excluding hydrogens is 633 g/mol. The van der Waals surface area contributed by atoms with Crippen LogP contribution in [0.3, 0.4) is 0 Å². The van der Waals surface area contributed by atoms with E-state index in [9.17, 15) is 9.90 Å². The fourth-order valence-electron chi connectivity index (χ4n) is 8.79. The van der Waals surface area contributed by atoms with Crippen LogP contribution in [-0.4, -0.2) is 18.2 Å². The largest absolute Gasteiger partial charge is 0.497 e. The van der Waals surface area contributed by atoms with Gasteiger partial charge in [-0.25, -0.2) is 4.79 Å². The van der Waals surface area contributed by atoms with Crippen LogP contribution in [0.25, 0.3) is 28.0 Å². The van der Waals surface area contributed by atoms with Gasteiger partial charge in [-0.2, -0.15) is 0 Å². The smallest absolute Gasteiger partial charge is 0.341 e. The zero-order chi connectivity index (χ0) is 35.3. The number of hydrogen-bond donors (Lipinski definition) is 1. The first kappa shape index (κ1) is 31.3. The molecule has 0 amide bonds. The Balaban J connectivity index is 1.34. The van der Waals surface area contributed by atoms with E-state index >= 15 is 0 Å². The number of rotatable bonds is 5. The molecule has 0 saturated heterocycles. The summed E-state index contributed by atoms with van der Waals surface area (Å²) in [6, 6.07) is 39.1. The first-order valence-corrected chi connectivity index (χ1v) is 17.4. The number of hydrogen-bond acceptors (Lipinski definition) is 5. The van der Waals surface area contributed by atoms with E-state index in [1.54, 1.807) is 7.11 Å². The van der Waals surface area contributed by atoms with Crippen LogP contribution in [0.2, 0.25) is 0 Å². The van der Waals surface area contributed by atoms with Gasteiger partial charge in [0.25, 0.3) is 0 Å². The van der Waals surface area contributed by atoms with Crippen LogP contribution in [-0.2, 0) is 21.2 Å². The Labute approximate surface area is 297 Å². The van der Waals surface area contributed by atoms with Crippen molar-refractivity contribution >= 4 is 22.8 Å². The monoisotopic (exact) mass is 670 g/mol. The number of carbonyl (C=O) groups is 1. The maximum Gasteiger partial charge on any atom is 0.341 e. The molecule has 0 spiro atoms. The van der Waals surface area contributed by atoms with Gasteiger partial charge in [0.2, 0.25) is 6.29 Å². The first-order chi connectivity index (χ1) is 24.6. The molecule has 252 valence electrons. The van der Waals surface area contributed by atoms with Crippen molar-refractivity contribution in [2.75, 3.05) is 7.11 Å². The van der Waals surface area contributed by atoms with Gasteiger partial charge in [-0.3, -0.25) is 0 Å². The van der Waals surface area contributed by atoms with Crippen LogP contribution >= 0.6 is 0 Å². The Bertz CT molecular complexity index is 2420. The number of aliphatic hydroxyl groups is 1. The molecule has 1 N–H and O–H groups in total. The number of ether oxygens (including phenoxy) is 3. The van der Waals surface area contributed by atoms with Crippen LogP contribution in [0.4, 0.5) is 0 Å². The van der Waals surface area contributed by atoms with E-state index in [2.05, 4.69) is 94.4 Å². The van der Waals surface area contributed by atoms with Crippen LogP contribution in [0.5, 0.6) is 11.5 Å². The molecule has 5 nitrogen and oxygen atoms in total. The third kappa shape index (κ3) is 4.28. The fraction of sp³-hybridized carbons (Fsp3) is 0.196. The van der Waals surface area contributed by atoms with E-state index in [1.165, 1.54) is 0 Å². The number of carbonyl (C=O) groups excluding carboxylic acids is 1. The third-order valence-electron chi connectivity index (χ3n) is 11.4. The standard InChI is InChI=1S/C46H38O5/c1-44(2,27-14-8-6-9-15-27)35-26-34-37(39-38(35)42(47)50-43(39)48)36-31-18-12-13-19-32(31)41-33(40(36)45(34,3)4)24-25-46(51-41,28-16-10-7-11-17-28)29-20-22-30(49-5)23-21-29/h6-26,43,48H,1-5H3. The number of esters is 1. The summed E-state index contributed by atoms with van der Waals surface area (Å²) in [5.41, 5.74) is 7.94. The lowest BCUT2D eigenvalue weighted by atomic mass is 9.71. The van der Waals surface area contributed by atoms with Crippen LogP contribution in [0.1, 0.15) is 88.9 Å². The van der Waals surface area contributed by atoms with Crippen molar-refractivity contribution in [1.29, 1.82) is 0 Å². The molecule has 9 rings (SSSR count). The number of fused-ring (bicyclic) bond motifs is 10. The Morgan fingerprint density at radius 3 is 2.08 bits per heavy atom. The highest BCUT2D eigenvalue weighted by molar-refractivity contribution is 6.11. The van der Waals surface area contributed by atoms with E-state index in [1.807, 2.05) is 60.7 Å². The van der Waals surface area contributed by atoms with Crippen LogP contribution in [0, 0.1) is 0 Å². The molecule has 0 saturated carbocycles.